The maximum atomic E-state index is 6.30. The predicted octanol–water partition coefficient (Wildman–Crippen LogP) is 5.98. The van der Waals surface area contributed by atoms with Gasteiger partial charge in [-0.3, -0.25) is 0 Å². The molecular formula is C14H14BrCl2NS. The van der Waals surface area contributed by atoms with Gasteiger partial charge in [-0.1, -0.05) is 43.1 Å². The summed E-state index contributed by atoms with van der Waals surface area (Å²) >= 11 is 17.6. The molecule has 0 saturated carbocycles. The maximum absolute atomic E-state index is 6.30. The molecule has 0 amide bonds. The molecule has 5 heteroatoms. The van der Waals surface area contributed by atoms with Crippen molar-refractivity contribution in [1.29, 1.82) is 0 Å². The van der Waals surface area contributed by atoms with Gasteiger partial charge in [0.1, 0.15) is 0 Å². The molecule has 102 valence electrons. The summed E-state index contributed by atoms with van der Waals surface area (Å²) in [5.74, 6) is 0. The average molecular weight is 379 g/mol. The van der Waals surface area contributed by atoms with Crippen LogP contribution in [-0.4, -0.2) is 6.04 Å². The number of thiophene rings is 1. The van der Waals surface area contributed by atoms with Crippen molar-refractivity contribution in [2.24, 2.45) is 0 Å². The van der Waals surface area contributed by atoms with E-state index < -0.39 is 0 Å². The third-order valence-electron chi connectivity index (χ3n) is 2.65. The summed E-state index contributed by atoms with van der Waals surface area (Å²) in [5.41, 5.74) is 0.982. The van der Waals surface area contributed by atoms with E-state index in [9.17, 15) is 0 Å². The average Bonchev–Trinajstić information content (AvgIpc) is 2.82. The zero-order valence-corrected chi connectivity index (χ0v) is 14.6. The molecule has 1 N–H and O–H groups in total. The van der Waals surface area contributed by atoms with Crippen molar-refractivity contribution in [3.63, 3.8) is 0 Å². The molecule has 0 radical (unpaired) electrons. The summed E-state index contributed by atoms with van der Waals surface area (Å²) in [6.45, 7) is 5.16. The van der Waals surface area contributed by atoms with Crippen LogP contribution in [-0.2, 0) is 6.54 Å². The molecule has 1 aromatic heterocycles. The largest absolute Gasteiger partial charge is 0.310 e. The highest BCUT2D eigenvalue weighted by molar-refractivity contribution is 9.10. The van der Waals surface area contributed by atoms with Crippen molar-refractivity contribution in [3.8, 4) is 10.4 Å². The minimum absolute atomic E-state index is 0.483. The lowest BCUT2D eigenvalue weighted by Gasteiger charge is -2.06. The van der Waals surface area contributed by atoms with Crippen molar-refractivity contribution in [2.45, 2.75) is 26.4 Å². The second kappa shape index (κ2) is 6.59. The quantitative estimate of drug-likeness (QED) is 0.645. The van der Waals surface area contributed by atoms with Crippen molar-refractivity contribution < 1.29 is 0 Å². The third kappa shape index (κ3) is 3.73. The Morgan fingerprint density at radius 1 is 1.16 bits per heavy atom. The van der Waals surface area contributed by atoms with Crippen LogP contribution in [0.3, 0.4) is 0 Å². The number of hydrogen-bond acceptors (Lipinski definition) is 2. The maximum Gasteiger partial charge on any atom is 0.0740 e. The molecular weight excluding hydrogens is 365 g/mol. The smallest absolute Gasteiger partial charge is 0.0740 e. The first kappa shape index (κ1) is 15.3. The summed E-state index contributed by atoms with van der Waals surface area (Å²) in [7, 11) is 0. The fourth-order valence-corrected chi connectivity index (χ4v) is 3.56. The molecule has 0 unspecified atom stereocenters. The topological polar surface area (TPSA) is 12.0 Å². The van der Waals surface area contributed by atoms with Crippen LogP contribution in [0.1, 0.15) is 18.7 Å². The van der Waals surface area contributed by atoms with E-state index in [0.29, 0.717) is 16.1 Å². The zero-order chi connectivity index (χ0) is 14.0. The van der Waals surface area contributed by atoms with Crippen LogP contribution in [0.5, 0.6) is 0 Å². The van der Waals surface area contributed by atoms with Gasteiger partial charge in [0, 0.05) is 32.4 Å². The fraction of sp³-hybridized carbons (Fsp3) is 0.286. The van der Waals surface area contributed by atoms with Gasteiger partial charge in [0.2, 0.25) is 0 Å². The molecule has 0 aliphatic rings. The number of halogens is 3. The second-order valence-corrected chi connectivity index (χ2v) is 7.30. The Kier molecular flexibility index (Phi) is 5.32. The van der Waals surface area contributed by atoms with Gasteiger partial charge in [0.25, 0.3) is 0 Å². The van der Waals surface area contributed by atoms with Crippen LogP contribution in [0.2, 0.25) is 10.0 Å². The van der Waals surface area contributed by atoms with E-state index in [4.69, 9.17) is 23.2 Å². The molecule has 0 aliphatic heterocycles. The van der Waals surface area contributed by atoms with Gasteiger partial charge >= 0.3 is 0 Å². The molecule has 0 saturated heterocycles. The van der Waals surface area contributed by atoms with Crippen LogP contribution in [0.25, 0.3) is 10.4 Å². The molecule has 0 atom stereocenters. The molecule has 1 aromatic carbocycles. The highest BCUT2D eigenvalue weighted by Gasteiger charge is 2.12. The minimum Gasteiger partial charge on any atom is -0.310 e. The first-order valence-electron chi connectivity index (χ1n) is 5.95. The van der Waals surface area contributed by atoms with Crippen molar-refractivity contribution in [3.05, 3.63) is 43.7 Å². The predicted molar refractivity (Wildman–Crippen MR) is 89.5 cm³/mol. The summed E-state index contributed by atoms with van der Waals surface area (Å²) < 4.78 is 0.821. The Bertz CT molecular complexity index is 581. The monoisotopic (exact) mass is 377 g/mol. The van der Waals surface area contributed by atoms with Crippen LogP contribution < -0.4 is 5.32 Å². The van der Waals surface area contributed by atoms with Gasteiger partial charge in [-0.15, -0.1) is 11.3 Å². The molecule has 0 aliphatic carbocycles. The highest BCUT2D eigenvalue weighted by atomic mass is 79.9. The van der Waals surface area contributed by atoms with Gasteiger partial charge in [-0.25, -0.2) is 0 Å². The first-order chi connectivity index (χ1) is 8.99. The van der Waals surface area contributed by atoms with Gasteiger partial charge in [-0.2, -0.15) is 0 Å². The van der Waals surface area contributed by atoms with E-state index in [-0.39, 0.29) is 0 Å². The van der Waals surface area contributed by atoms with Gasteiger partial charge in [-0.05, 0) is 34.1 Å². The van der Waals surface area contributed by atoms with E-state index in [1.807, 2.05) is 12.1 Å². The number of hydrogen-bond donors (Lipinski definition) is 1. The molecule has 0 fully saturated rings. The summed E-state index contributed by atoms with van der Waals surface area (Å²) in [6.07, 6.45) is 0. The Balaban J connectivity index is 2.26. The lowest BCUT2D eigenvalue weighted by molar-refractivity contribution is 0.593. The fourth-order valence-electron chi connectivity index (χ4n) is 1.64. The van der Waals surface area contributed by atoms with E-state index >= 15 is 0 Å². The van der Waals surface area contributed by atoms with Crippen LogP contribution in [0.4, 0.5) is 0 Å². The minimum atomic E-state index is 0.483. The first-order valence-corrected chi connectivity index (χ1v) is 8.31. The van der Waals surface area contributed by atoms with Crippen molar-refractivity contribution in [2.75, 3.05) is 0 Å². The zero-order valence-electron chi connectivity index (χ0n) is 10.6. The van der Waals surface area contributed by atoms with E-state index in [1.54, 1.807) is 11.3 Å². The normalized spacial score (nSPS) is 11.3. The third-order valence-corrected chi connectivity index (χ3v) is 5.54. The standard InChI is InChI=1S/C14H14BrCl2NS/c1-8(2)18-7-9-3-6-12(19-9)10-4-5-11(15)14(17)13(10)16/h3-6,8,18H,7H2,1-2H3. The van der Waals surface area contributed by atoms with Crippen molar-refractivity contribution >= 4 is 50.5 Å². The Morgan fingerprint density at radius 3 is 2.58 bits per heavy atom. The Hall–Kier alpha value is -0.0600. The molecule has 1 heterocycles. The van der Waals surface area contributed by atoms with Gasteiger partial charge < -0.3 is 5.32 Å². The highest BCUT2D eigenvalue weighted by Crippen LogP contribution is 2.40. The molecule has 0 bridgehead atoms. The molecule has 2 rings (SSSR count). The lowest BCUT2D eigenvalue weighted by atomic mass is 10.2. The molecule has 19 heavy (non-hydrogen) atoms. The van der Waals surface area contributed by atoms with E-state index in [2.05, 4.69) is 47.2 Å². The lowest BCUT2D eigenvalue weighted by Crippen LogP contribution is -2.21. The van der Waals surface area contributed by atoms with Gasteiger partial charge in [0.15, 0.2) is 0 Å². The van der Waals surface area contributed by atoms with Crippen LogP contribution in [0, 0.1) is 0 Å². The summed E-state index contributed by atoms with van der Waals surface area (Å²) in [6, 6.07) is 8.62. The second-order valence-electron chi connectivity index (χ2n) is 4.52. The van der Waals surface area contributed by atoms with Gasteiger partial charge in [0.05, 0.1) is 10.0 Å². The molecule has 1 nitrogen and oxygen atoms in total. The summed E-state index contributed by atoms with van der Waals surface area (Å²) in [5, 5.41) is 4.57. The van der Waals surface area contributed by atoms with E-state index in [0.717, 1.165) is 21.5 Å². The number of nitrogens with one attached hydrogen (secondary N) is 1. The number of rotatable bonds is 4. The van der Waals surface area contributed by atoms with Crippen LogP contribution in [0.15, 0.2) is 28.7 Å². The molecule has 0 spiro atoms. The Morgan fingerprint density at radius 2 is 1.89 bits per heavy atom. The van der Waals surface area contributed by atoms with Crippen LogP contribution >= 0.6 is 50.5 Å². The van der Waals surface area contributed by atoms with Crippen molar-refractivity contribution in [1.82, 2.24) is 5.32 Å². The SMILES string of the molecule is CC(C)NCc1ccc(-c2ccc(Br)c(Cl)c2Cl)s1. The Labute approximate surface area is 136 Å². The summed E-state index contributed by atoms with van der Waals surface area (Å²) in [4.78, 5) is 2.43. The van der Waals surface area contributed by atoms with E-state index in [1.165, 1.54) is 4.88 Å². The molecule has 2 aromatic rings. The number of benzene rings is 1.